The van der Waals surface area contributed by atoms with Gasteiger partial charge in [0.15, 0.2) is 0 Å². The van der Waals surface area contributed by atoms with Gasteiger partial charge >= 0.3 is 0 Å². The molecule has 0 saturated heterocycles. The highest BCUT2D eigenvalue weighted by Gasteiger charge is 2.30. The summed E-state index contributed by atoms with van der Waals surface area (Å²) in [4.78, 5) is 22.4. The van der Waals surface area contributed by atoms with Crippen molar-refractivity contribution in [3.63, 3.8) is 0 Å². The molecular weight excluding hydrogens is 200 g/mol. The van der Waals surface area contributed by atoms with Crippen molar-refractivity contribution in [1.82, 2.24) is 0 Å². The highest BCUT2D eigenvalue weighted by Crippen LogP contribution is 2.39. The smallest absolute Gasteiger partial charge is 0.225 e. The van der Waals surface area contributed by atoms with E-state index in [0.29, 0.717) is 0 Å². The molecule has 2 nitrogen and oxygen atoms in total. The Morgan fingerprint density at radius 2 is 1.50 bits per heavy atom. The van der Waals surface area contributed by atoms with Gasteiger partial charge in [-0.2, -0.15) is 0 Å². The van der Waals surface area contributed by atoms with E-state index in [-0.39, 0.29) is 10.8 Å². The van der Waals surface area contributed by atoms with Crippen molar-refractivity contribution in [1.29, 1.82) is 0 Å². The Morgan fingerprint density at radius 3 is 1.94 bits per heavy atom. The minimum atomic E-state index is -0.421. The van der Waals surface area contributed by atoms with Gasteiger partial charge in [-0.15, -0.1) is 0 Å². The van der Waals surface area contributed by atoms with E-state index in [1.807, 2.05) is 0 Å². The minimum absolute atomic E-state index is 0.0783. The van der Waals surface area contributed by atoms with E-state index < -0.39 is 11.6 Å². The zero-order valence-corrected chi connectivity index (χ0v) is 10.8. The molecule has 0 aromatic rings. The summed E-state index contributed by atoms with van der Waals surface area (Å²) in [5.74, 6) is -0.824. The zero-order chi connectivity index (χ0) is 12.6. The quantitative estimate of drug-likeness (QED) is 0.529. The number of carbonyl (C=O) groups excluding carboxylic acids is 2. The van der Waals surface area contributed by atoms with E-state index in [1.165, 1.54) is 12.2 Å². The maximum Gasteiger partial charge on any atom is 0.225 e. The number of hydrogen-bond acceptors (Lipinski definition) is 2. The van der Waals surface area contributed by atoms with Crippen LogP contribution in [0.3, 0.4) is 0 Å². The van der Waals surface area contributed by atoms with Crippen LogP contribution in [-0.4, -0.2) is 11.6 Å². The lowest BCUT2D eigenvalue weighted by molar-refractivity contribution is -0.131. The fraction of sp³-hybridized carbons (Fsp3) is 0.571. The number of ketones is 2. The number of allylic oxidation sites excluding steroid dienone is 4. The second-order valence-electron chi connectivity index (χ2n) is 6.28. The molecule has 0 N–H and O–H groups in total. The van der Waals surface area contributed by atoms with E-state index in [4.69, 9.17) is 0 Å². The van der Waals surface area contributed by atoms with E-state index in [2.05, 4.69) is 34.6 Å². The Hall–Kier alpha value is -1.18. The van der Waals surface area contributed by atoms with Crippen molar-refractivity contribution in [2.45, 2.75) is 41.0 Å². The second-order valence-corrected chi connectivity index (χ2v) is 6.28. The van der Waals surface area contributed by atoms with Crippen LogP contribution in [0.2, 0.25) is 0 Å². The Bertz CT molecular complexity index is 376. The van der Waals surface area contributed by atoms with Crippen molar-refractivity contribution in [2.75, 3.05) is 0 Å². The van der Waals surface area contributed by atoms with Gasteiger partial charge in [-0.1, -0.05) is 40.7 Å². The predicted molar refractivity (Wildman–Crippen MR) is 65.1 cm³/mol. The number of hydrogen-bond donors (Lipinski definition) is 0. The van der Waals surface area contributed by atoms with Gasteiger partial charge in [-0.05, 0) is 35.0 Å². The molecule has 0 radical (unpaired) electrons. The standard InChI is InChI=1S/C14H20O2/c1-13(2,3)9-14(4,5)10-6-7-11(15)12(16)8-10/h6-8H,9H2,1-5H3. The van der Waals surface area contributed by atoms with Crippen LogP contribution >= 0.6 is 0 Å². The molecule has 0 fully saturated rings. The minimum Gasteiger partial charge on any atom is -0.286 e. The lowest BCUT2D eigenvalue weighted by Crippen LogP contribution is -2.25. The molecule has 1 aliphatic rings. The number of carbonyl (C=O) groups is 2. The second kappa shape index (κ2) is 4.00. The fourth-order valence-electron chi connectivity index (χ4n) is 2.36. The first-order valence-corrected chi connectivity index (χ1v) is 5.60. The average molecular weight is 220 g/mol. The average Bonchev–Trinajstić information content (AvgIpc) is 2.05. The lowest BCUT2D eigenvalue weighted by atomic mass is 9.71. The first-order valence-electron chi connectivity index (χ1n) is 5.60. The van der Waals surface area contributed by atoms with E-state index in [0.717, 1.165) is 12.0 Å². The van der Waals surface area contributed by atoms with Gasteiger partial charge in [-0.25, -0.2) is 0 Å². The molecule has 0 aromatic heterocycles. The molecule has 88 valence electrons. The summed E-state index contributed by atoms with van der Waals surface area (Å²) in [5, 5.41) is 0. The third kappa shape index (κ3) is 3.16. The molecule has 0 aromatic carbocycles. The third-order valence-corrected chi connectivity index (χ3v) is 2.70. The van der Waals surface area contributed by atoms with Crippen LogP contribution < -0.4 is 0 Å². The summed E-state index contributed by atoms with van der Waals surface area (Å²) in [5.41, 5.74) is 1.07. The van der Waals surface area contributed by atoms with Crippen LogP contribution in [0.25, 0.3) is 0 Å². The lowest BCUT2D eigenvalue weighted by Gasteiger charge is -2.34. The molecule has 0 saturated carbocycles. The monoisotopic (exact) mass is 220 g/mol. The third-order valence-electron chi connectivity index (χ3n) is 2.70. The van der Waals surface area contributed by atoms with E-state index in [9.17, 15) is 9.59 Å². The molecular formula is C14H20O2. The van der Waals surface area contributed by atoms with Crippen LogP contribution in [0.1, 0.15) is 41.0 Å². The van der Waals surface area contributed by atoms with Crippen molar-refractivity contribution in [3.8, 4) is 0 Å². The van der Waals surface area contributed by atoms with Crippen LogP contribution in [0.4, 0.5) is 0 Å². The van der Waals surface area contributed by atoms with Gasteiger partial charge < -0.3 is 0 Å². The molecule has 0 amide bonds. The Kier molecular flexibility index (Phi) is 3.22. The van der Waals surface area contributed by atoms with E-state index in [1.54, 1.807) is 6.08 Å². The molecule has 1 aliphatic carbocycles. The van der Waals surface area contributed by atoms with E-state index >= 15 is 0 Å². The molecule has 0 unspecified atom stereocenters. The summed E-state index contributed by atoms with van der Waals surface area (Å²) >= 11 is 0. The largest absolute Gasteiger partial charge is 0.286 e. The van der Waals surface area contributed by atoms with Crippen molar-refractivity contribution in [3.05, 3.63) is 23.8 Å². The van der Waals surface area contributed by atoms with Crippen LogP contribution in [0, 0.1) is 10.8 Å². The molecule has 16 heavy (non-hydrogen) atoms. The van der Waals surface area contributed by atoms with Gasteiger partial charge in [0.25, 0.3) is 0 Å². The topological polar surface area (TPSA) is 34.1 Å². The van der Waals surface area contributed by atoms with Gasteiger partial charge in [0.05, 0.1) is 0 Å². The van der Waals surface area contributed by atoms with Gasteiger partial charge in [0.2, 0.25) is 11.6 Å². The molecule has 0 atom stereocenters. The normalized spacial score (nSPS) is 17.7. The zero-order valence-electron chi connectivity index (χ0n) is 10.8. The molecule has 0 bridgehead atoms. The first-order chi connectivity index (χ1) is 7.12. The molecule has 0 aliphatic heterocycles. The van der Waals surface area contributed by atoms with Crippen molar-refractivity contribution >= 4 is 11.6 Å². The van der Waals surface area contributed by atoms with Crippen LogP contribution in [0.5, 0.6) is 0 Å². The SMILES string of the molecule is CC(C)(C)CC(C)(C)C1=CC(=O)C(=O)C=C1. The highest BCUT2D eigenvalue weighted by atomic mass is 16.2. The highest BCUT2D eigenvalue weighted by molar-refractivity contribution is 6.46. The summed E-state index contributed by atoms with van der Waals surface area (Å²) in [7, 11) is 0. The van der Waals surface area contributed by atoms with Crippen molar-refractivity contribution in [2.24, 2.45) is 10.8 Å². The molecule has 1 rings (SSSR count). The maximum absolute atomic E-state index is 11.3. The molecule has 0 heterocycles. The summed E-state index contributed by atoms with van der Waals surface area (Å²) in [6.45, 7) is 10.7. The first kappa shape index (κ1) is 12.9. The van der Waals surface area contributed by atoms with Gasteiger partial charge in [0, 0.05) is 0 Å². The van der Waals surface area contributed by atoms with Crippen LogP contribution in [-0.2, 0) is 9.59 Å². The van der Waals surface area contributed by atoms with Crippen LogP contribution in [0.15, 0.2) is 23.8 Å². The summed E-state index contributed by atoms with van der Waals surface area (Å²) in [6.07, 6.45) is 5.60. The van der Waals surface area contributed by atoms with Crippen molar-refractivity contribution < 1.29 is 9.59 Å². The summed E-state index contributed by atoms with van der Waals surface area (Å²) in [6, 6.07) is 0. The maximum atomic E-state index is 11.3. The predicted octanol–water partition coefficient (Wildman–Crippen LogP) is 3.08. The molecule has 2 heteroatoms. The Balaban J connectivity index is 2.94. The fourth-order valence-corrected chi connectivity index (χ4v) is 2.36. The van der Waals surface area contributed by atoms with Gasteiger partial charge in [-0.3, -0.25) is 9.59 Å². The number of rotatable bonds is 2. The Labute approximate surface area is 97.4 Å². The summed E-state index contributed by atoms with van der Waals surface area (Å²) < 4.78 is 0. The van der Waals surface area contributed by atoms with Gasteiger partial charge in [0.1, 0.15) is 0 Å². The Morgan fingerprint density at radius 1 is 0.938 bits per heavy atom. The molecule has 0 spiro atoms.